The molecule has 8 nitrogen and oxygen atoms in total. The molecule has 2 N–H and O–H groups in total. The van der Waals surface area contributed by atoms with Gasteiger partial charge in [0.2, 0.25) is 0 Å². The third-order valence-electron chi connectivity index (χ3n) is 7.28. The SMILES string of the molecule is CNC(=O)c1cc(C(=O)NC2C3CN(C(=O)OC(C)(C)C)CC32)cc2c1OC(CF)[C@H]2c1ccccc1. The fourth-order valence-corrected chi connectivity index (χ4v) is 5.49. The van der Waals surface area contributed by atoms with E-state index in [9.17, 15) is 18.8 Å². The van der Waals surface area contributed by atoms with Gasteiger partial charge >= 0.3 is 6.09 Å². The van der Waals surface area contributed by atoms with Gasteiger partial charge in [0.1, 0.15) is 24.1 Å². The van der Waals surface area contributed by atoms with Gasteiger partial charge in [-0.3, -0.25) is 9.59 Å². The first-order chi connectivity index (χ1) is 17.6. The van der Waals surface area contributed by atoms with Crippen LogP contribution < -0.4 is 15.4 Å². The van der Waals surface area contributed by atoms with Crippen LogP contribution in [0.4, 0.5) is 9.18 Å². The number of nitrogens with zero attached hydrogens (tertiary/aromatic N) is 1. The van der Waals surface area contributed by atoms with E-state index in [1.165, 1.54) is 13.1 Å². The van der Waals surface area contributed by atoms with Gasteiger partial charge in [-0.1, -0.05) is 30.3 Å². The monoisotopic (exact) mass is 509 g/mol. The van der Waals surface area contributed by atoms with Crippen molar-refractivity contribution in [2.45, 2.75) is 44.4 Å². The van der Waals surface area contributed by atoms with Crippen molar-refractivity contribution in [3.8, 4) is 5.75 Å². The number of fused-ring (bicyclic) bond motifs is 2. The Labute approximate surface area is 215 Å². The summed E-state index contributed by atoms with van der Waals surface area (Å²) in [6, 6.07) is 12.5. The van der Waals surface area contributed by atoms with Crippen LogP contribution >= 0.6 is 0 Å². The lowest BCUT2D eigenvalue weighted by atomic mass is 9.86. The summed E-state index contributed by atoms with van der Waals surface area (Å²) in [4.78, 5) is 40.1. The van der Waals surface area contributed by atoms with Crippen LogP contribution in [0.5, 0.6) is 5.75 Å². The van der Waals surface area contributed by atoms with Crippen molar-refractivity contribution in [1.82, 2.24) is 15.5 Å². The molecule has 3 unspecified atom stereocenters. The molecule has 3 amide bonds. The zero-order valence-corrected chi connectivity index (χ0v) is 21.4. The van der Waals surface area contributed by atoms with Crippen LogP contribution in [0.15, 0.2) is 42.5 Å². The molecule has 0 spiro atoms. The number of ether oxygens (including phenoxy) is 2. The van der Waals surface area contributed by atoms with Gasteiger partial charge in [-0.05, 0) is 38.5 Å². The van der Waals surface area contributed by atoms with Crippen LogP contribution in [0.3, 0.4) is 0 Å². The number of carbonyl (C=O) groups is 3. The number of hydrogen-bond donors (Lipinski definition) is 2. The second-order valence-electron chi connectivity index (χ2n) is 10.9. The highest BCUT2D eigenvalue weighted by atomic mass is 19.1. The van der Waals surface area contributed by atoms with Gasteiger partial charge in [-0.25, -0.2) is 9.18 Å². The number of carbonyl (C=O) groups excluding carboxylic acids is 3. The number of piperidine rings is 1. The van der Waals surface area contributed by atoms with E-state index in [1.807, 2.05) is 51.1 Å². The maximum atomic E-state index is 14.0. The van der Waals surface area contributed by atoms with Crippen LogP contribution in [0.2, 0.25) is 0 Å². The van der Waals surface area contributed by atoms with E-state index in [-0.39, 0.29) is 35.4 Å². The molecule has 9 heteroatoms. The molecule has 2 heterocycles. The predicted octanol–water partition coefficient (Wildman–Crippen LogP) is 3.50. The van der Waals surface area contributed by atoms with E-state index < -0.39 is 30.2 Å². The van der Waals surface area contributed by atoms with E-state index in [1.54, 1.807) is 11.0 Å². The molecule has 2 aromatic carbocycles. The predicted molar refractivity (Wildman–Crippen MR) is 135 cm³/mol. The number of hydrogen-bond acceptors (Lipinski definition) is 5. The lowest BCUT2D eigenvalue weighted by Crippen LogP contribution is -2.40. The Hall–Kier alpha value is -3.62. The largest absolute Gasteiger partial charge is 0.486 e. The molecule has 37 heavy (non-hydrogen) atoms. The molecule has 0 bridgehead atoms. The summed E-state index contributed by atoms with van der Waals surface area (Å²) in [5, 5.41) is 5.66. The average Bonchev–Trinajstić information content (AvgIpc) is 3.21. The van der Waals surface area contributed by atoms with Crippen LogP contribution in [-0.2, 0) is 4.74 Å². The van der Waals surface area contributed by atoms with Crippen molar-refractivity contribution in [3.05, 3.63) is 64.7 Å². The third-order valence-corrected chi connectivity index (χ3v) is 7.28. The molecular formula is C28H32FN3O5. The molecule has 2 aliphatic heterocycles. The Morgan fingerprint density at radius 3 is 2.35 bits per heavy atom. The normalized spacial score (nSPS) is 25.5. The van der Waals surface area contributed by atoms with E-state index in [4.69, 9.17) is 9.47 Å². The maximum Gasteiger partial charge on any atom is 0.410 e. The first-order valence-corrected chi connectivity index (χ1v) is 12.6. The van der Waals surface area contributed by atoms with Gasteiger partial charge in [0.25, 0.3) is 11.8 Å². The van der Waals surface area contributed by atoms with Gasteiger partial charge in [-0.2, -0.15) is 0 Å². The number of benzene rings is 2. The zero-order chi connectivity index (χ0) is 26.5. The van der Waals surface area contributed by atoms with E-state index >= 15 is 0 Å². The summed E-state index contributed by atoms with van der Waals surface area (Å²) in [6.07, 6.45) is -1.13. The lowest BCUT2D eigenvalue weighted by molar-refractivity contribution is 0.0269. The molecule has 0 aromatic heterocycles. The quantitative estimate of drug-likeness (QED) is 0.643. The van der Waals surface area contributed by atoms with Crippen molar-refractivity contribution in [2.75, 3.05) is 26.8 Å². The fraction of sp³-hybridized carbons (Fsp3) is 0.464. The van der Waals surface area contributed by atoms with E-state index in [0.717, 1.165) is 5.56 Å². The Kier molecular flexibility index (Phi) is 6.33. The number of amides is 3. The topological polar surface area (TPSA) is 97.0 Å². The summed E-state index contributed by atoms with van der Waals surface area (Å²) in [6.45, 7) is 5.82. The van der Waals surface area contributed by atoms with Crippen molar-refractivity contribution >= 4 is 17.9 Å². The molecule has 2 aromatic rings. The van der Waals surface area contributed by atoms with Gasteiger partial charge in [0.15, 0.2) is 0 Å². The minimum Gasteiger partial charge on any atom is -0.486 e. The number of halogens is 1. The van der Waals surface area contributed by atoms with Crippen molar-refractivity contribution in [1.29, 1.82) is 0 Å². The van der Waals surface area contributed by atoms with Gasteiger partial charge in [-0.15, -0.1) is 0 Å². The Morgan fingerprint density at radius 1 is 1.08 bits per heavy atom. The van der Waals surface area contributed by atoms with Gasteiger partial charge in [0.05, 0.1) is 11.5 Å². The number of rotatable bonds is 5. The number of likely N-dealkylation sites (tertiary alicyclic amines) is 1. The third kappa shape index (κ3) is 4.74. The second kappa shape index (κ2) is 9.36. The zero-order valence-electron chi connectivity index (χ0n) is 21.4. The maximum absolute atomic E-state index is 14.0. The molecule has 196 valence electrons. The average molecular weight is 510 g/mol. The molecule has 1 saturated heterocycles. The smallest absolute Gasteiger partial charge is 0.410 e. The first-order valence-electron chi connectivity index (χ1n) is 12.6. The van der Waals surface area contributed by atoms with Crippen LogP contribution in [0.25, 0.3) is 0 Å². The number of alkyl halides is 1. The Balaban J connectivity index is 1.36. The first kappa shape index (κ1) is 25.0. The molecule has 1 aliphatic carbocycles. The van der Waals surface area contributed by atoms with Gasteiger partial charge < -0.3 is 25.0 Å². The van der Waals surface area contributed by atoms with Crippen LogP contribution in [0, 0.1) is 11.8 Å². The summed E-state index contributed by atoms with van der Waals surface area (Å²) >= 11 is 0. The number of nitrogens with one attached hydrogen (secondary N) is 2. The Bertz CT molecular complexity index is 1220. The molecule has 4 atom stereocenters. The van der Waals surface area contributed by atoms with E-state index in [2.05, 4.69) is 10.6 Å². The molecule has 0 radical (unpaired) electrons. The minimum absolute atomic E-state index is 0.0531. The molecule has 3 aliphatic rings. The lowest BCUT2D eigenvalue weighted by Gasteiger charge is -2.26. The highest BCUT2D eigenvalue weighted by Crippen LogP contribution is 2.47. The van der Waals surface area contributed by atoms with E-state index in [0.29, 0.717) is 30.0 Å². The standard InChI is InChI=1S/C28H32FN3O5/c1-28(2,3)37-27(35)32-13-19-20(14-32)23(19)31-25(33)16-10-17-22(15-8-6-5-7-9-15)21(12-29)36-24(17)18(11-16)26(34)30-4/h5-11,19-23H,12-14H2,1-4H3,(H,30,34)(H,31,33)/t19?,20?,21?,22-,23?/m0/s1. The summed E-state index contributed by atoms with van der Waals surface area (Å²) in [5.74, 6) is -0.523. The second-order valence-corrected chi connectivity index (χ2v) is 10.9. The Morgan fingerprint density at radius 2 is 1.76 bits per heavy atom. The molecular weight excluding hydrogens is 477 g/mol. The van der Waals surface area contributed by atoms with Gasteiger partial charge in [0, 0.05) is 49.1 Å². The summed E-state index contributed by atoms with van der Waals surface area (Å²) < 4.78 is 25.4. The van der Waals surface area contributed by atoms with Crippen molar-refractivity contribution in [3.63, 3.8) is 0 Å². The molecule has 1 saturated carbocycles. The summed E-state index contributed by atoms with van der Waals surface area (Å²) in [7, 11) is 1.50. The van der Waals surface area contributed by atoms with Crippen molar-refractivity contribution < 1.29 is 28.2 Å². The summed E-state index contributed by atoms with van der Waals surface area (Å²) in [5.41, 5.74) is 1.43. The minimum atomic E-state index is -0.791. The molecule has 5 rings (SSSR count). The highest BCUT2D eigenvalue weighted by Gasteiger charge is 2.58. The van der Waals surface area contributed by atoms with Crippen molar-refractivity contribution in [2.24, 2.45) is 11.8 Å². The van der Waals surface area contributed by atoms with Crippen LogP contribution in [0.1, 0.15) is 58.5 Å². The molecule has 2 fully saturated rings. The highest BCUT2D eigenvalue weighted by molar-refractivity contribution is 6.02. The fourth-order valence-electron chi connectivity index (χ4n) is 5.49. The van der Waals surface area contributed by atoms with Crippen LogP contribution in [-0.4, -0.2) is 67.4 Å².